The van der Waals surface area contributed by atoms with E-state index in [4.69, 9.17) is 24.1 Å². The number of ether oxygens (including phenoxy) is 4. The quantitative estimate of drug-likeness (QED) is 0.234. The Bertz CT molecular complexity index is 316. The summed E-state index contributed by atoms with van der Waals surface area (Å²) >= 11 is 0. The minimum Gasteiger partial charge on any atom is -0.402 e. The molecule has 0 aromatic rings. The molecule has 0 rings (SSSR count). The van der Waals surface area contributed by atoms with Crippen molar-refractivity contribution in [1.29, 1.82) is 0 Å². The van der Waals surface area contributed by atoms with Crippen LogP contribution in [0.2, 0.25) is 0 Å². The van der Waals surface area contributed by atoms with Crippen LogP contribution in [0.5, 0.6) is 0 Å². The fraction of sp³-hybridized carbons (Fsp3) is 0.786. The van der Waals surface area contributed by atoms with Gasteiger partial charge in [-0.25, -0.2) is 4.79 Å². The average molecular weight is 306 g/mol. The van der Waals surface area contributed by atoms with Crippen molar-refractivity contribution in [2.24, 2.45) is 5.92 Å². The molecule has 1 unspecified atom stereocenters. The smallest absolute Gasteiger partial charge is 0.351 e. The predicted molar refractivity (Wildman–Crippen MR) is 75.4 cm³/mol. The molecular weight excluding hydrogens is 280 g/mol. The first-order valence-electron chi connectivity index (χ1n) is 6.82. The summed E-state index contributed by atoms with van der Waals surface area (Å²) < 4.78 is 20.2. The normalized spacial score (nSPS) is 14.0. The van der Waals surface area contributed by atoms with Gasteiger partial charge in [-0.2, -0.15) is 0 Å². The Kier molecular flexibility index (Phi) is 10.2. The van der Waals surface area contributed by atoms with Crippen molar-refractivity contribution in [3.8, 4) is 0 Å². The Morgan fingerprint density at radius 3 is 2.38 bits per heavy atom. The lowest BCUT2D eigenvalue weighted by Gasteiger charge is -2.28. The Labute approximate surface area is 125 Å². The van der Waals surface area contributed by atoms with Crippen LogP contribution in [0.25, 0.3) is 0 Å². The standard InChI is InChI=1S/C14H26O7/c1-11(2)9-20-14(17,21-13(16)12(3)4)10-19-8-7-18-6-5-15/h11,15,17H,3,5-10H2,1-2,4H3. The van der Waals surface area contributed by atoms with E-state index in [2.05, 4.69) is 6.58 Å². The Balaban J connectivity index is 4.30. The van der Waals surface area contributed by atoms with Gasteiger partial charge in [0.25, 0.3) is 0 Å². The maximum Gasteiger partial charge on any atom is 0.351 e. The molecule has 124 valence electrons. The van der Waals surface area contributed by atoms with Gasteiger partial charge in [-0.1, -0.05) is 20.4 Å². The highest BCUT2D eigenvalue weighted by atomic mass is 16.8. The van der Waals surface area contributed by atoms with E-state index in [1.54, 1.807) is 0 Å². The van der Waals surface area contributed by atoms with E-state index in [0.717, 1.165) is 0 Å². The van der Waals surface area contributed by atoms with Crippen LogP contribution in [0.3, 0.4) is 0 Å². The molecule has 21 heavy (non-hydrogen) atoms. The maximum absolute atomic E-state index is 11.5. The summed E-state index contributed by atoms with van der Waals surface area (Å²) in [4.78, 5) is 11.5. The van der Waals surface area contributed by atoms with Crippen LogP contribution in [-0.2, 0) is 23.7 Å². The van der Waals surface area contributed by atoms with Crippen molar-refractivity contribution >= 4 is 5.97 Å². The monoisotopic (exact) mass is 306 g/mol. The van der Waals surface area contributed by atoms with Gasteiger partial charge in [-0.3, -0.25) is 0 Å². The minimum absolute atomic E-state index is 0.0718. The SMILES string of the molecule is C=C(C)C(=O)OC(O)(COCCOCCO)OCC(C)C. The molecule has 0 fully saturated rings. The molecule has 1 atom stereocenters. The summed E-state index contributed by atoms with van der Waals surface area (Å²) in [7, 11) is 0. The molecule has 2 N–H and O–H groups in total. The van der Waals surface area contributed by atoms with E-state index < -0.39 is 11.9 Å². The molecule has 0 aliphatic carbocycles. The fourth-order valence-corrected chi connectivity index (χ4v) is 1.12. The number of hydrogen-bond donors (Lipinski definition) is 2. The zero-order valence-corrected chi connectivity index (χ0v) is 13.0. The molecule has 0 spiro atoms. The first kappa shape index (κ1) is 20.0. The first-order valence-corrected chi connectivity index (χ1v) is 6.82. The molecule has 0 aliphatic rings. The van der Waals surface area contributed by atoms with Crippen LogP contribution in [0.1, 0.15) is 20.8 Å². The van der Waals surface area contributed by atoms with Crippen LogP contribution in [0.15, 0.2) is 12.2 Å². The van der Waals surface area contributed by atoms with E-state index in [1.165, 1.54) is 6.92 Å². The van der Waals surface area contributed by atoms with Crippen molar-refractivity contribution in [3.05, 3.63) is 12.2 Å². The van der Waals surface area contributed by atoms with Crippen molar-refractivity contribution in [2.75, 3.05) is 39.6 Å². The maximum atomic E-state index is 11.5. The summed E-state index contributed by atoms with van der Waals surface area (Å²) in [5.74, 6) is -2.77. The van der Waals surface area contributed by atoms with Crippen molar-refractivity contribution in [2.45, 2.75) is 26.7 Å². The van der Waals surface area contributed by atoms with Gasteiger partial charge in [0.15, 0.2) is 0 Å². The molecule has 0 bridgehead atoms. The number of rotatable bonds is 12. The van der Waals surface area contributed by atoms with Gasteiger partial charge in [-0.15, -0.1) is 0 Å². The Morgan fingerprint density at radius 2 is 1.86 bits per heavy atom. The predicted octanol–water partition coefficient (Wildman–Crippen LogP) is 0.450. The van der Waals surface area contributed by atoms with Gasteiger partial charge in [0, 0.05) is 5.57 Å². The number of esters is 1. The average Bonchev–Trinajstić information content (AvgIpc) is 2.40. The molecule has 0 saturated heterocycles. The molecule has 0 aliphatic heterocycles. The van der Waals surface area contributed by atoms with Gasteiger partial charge in [0.05, 0.1) is 33.0 Å². The van der Waals surface area contributed by atoms with E-state index >= 15 is 0 Å². The van der Waals surface area contributed by atoms with Crippen molar-refractivity contribution < 1.29 is 34.0 Å². The molecule has 7 nitrogen and oxygen atoms in total. The second kappa shape index (κ2) is 10.7. The molecule has 0 amide bonds. The van der Waals surface area contributed by atoms with Crippen LogP contribution in [0, 0.1) is 5.92 Å². The fourth-order valence-electron chi connectivity index (χ4n) is 1.12. The summed E-state index contributed by atoms with van der Waals surface area (Å²) in [5, 5.41) is 18.7. The summed E-state index contributed by atoms with van der Waals surface area (Å²) in [6.07, 6.45) is 0. The molecule has 0 aromatic heterocycles. The molecular formula is C14H26O7. The summed E-state index contributed by atoms with van der Waals surface area (Å²) in [6, 6.07) is 0. The summed E-state index contributed by atoms with van der Waals surface area (Å²) in [6.45, 7) is 9.09. The second-order valence-electron chi connectivity index (χ2n) is 4.98. The largest absolute Gasteiger partial charge is 0.402 e. The van der Waals surface area contributed by atoms with Gasteiger partial charge < -0.3 is 29.2 Å². The van der Waals surface area contributed by atoms with Crippen LogP contribution < -0.4 is 0 Å². The van der Waals surface area contributed by atoms with E-state index in [-0.39, 0.29) is 51.1 Å². The number of carbonyl (C=O) groups is 1. The third-order valence-electron chi connectivity index (χ3n) is 2.13. The van der Waals surface area contributed by atoms with E-state index in [0.29, 0.717) is 0 Å². The minimum atomic E-state index is -2.16. The van der Waals surface area contributed by atoms with Crippen LogP contribution >= 0.6 is 0 Å². The molecule has 0 heterocycles. The molecule has 0 saturated carbocycles. The summed E-state index contributed by atoms with van der Waals surface area (Å²) in [5.41, 5.74) is 0.146. The van der Waals surface area contributed by atoms with Crippen molar-refractivity contribution in [1.82, 2.24) is 0 Å². The highest BCUT2D eigenvalue weighted by Gasteiger charge is 2.34. The number of aliphatic hydroxyl groups is 2. The molecule has 0 aromatic carbocycles. The van der Waals surface area contributed by atoms with Crippen LogP contribution in [-0.4, -0.2) is 61.8 Å². The lowest BCUT2D eigenvalue weighted by molar-refractivity contribution is -0.359. The highest BCUT2D eigenvalue weighted by molar-refractivity contribution is 5.87. The van der Waals surface area contributed by atoms with E-state index in [1.807, 2.05) is 13.8 Å². The van der Waals surface area contributed by atoms with Crippen LogP contribution in [0.4, 0.5) is 0 Å². The third kappa shape index (κ3) is 10.4. The van der Waals surface area contributed by atoms with Crippen molar-refractivity contribution in [3.63, 3.8) is 0 Å². The van der Waals surface area contributed by atoms with Gasteiger partial charge >= 0.3 is 11.9 Å². The number of carbonyl (C=O) groups excluding carboxylic acids is 1. The van der Waals surface area contributed by atoms with E-state index in [9.17, 15) is 9.90 Å². The molecule has 7 heteroatoms. The zero-order valence-electron chi connectivity index (χ0n) is 13.0. The van der Waals surface area contributed by atoms with Gasteiger partial charge in [-0.05, 0) is 12.8 Å². The van der Waals surface area contributed by atoms with Gasteiger partial charge in [0.1, 0.15) is 6.61 Å². The lowest BCUT2D eigenvalue weighted by Crippen LogP contribution is -2.44. The first-order chi connectivity index (χ1) is 9.80. The molecule has 0 radical (unpaired) electrons. The number of hydrogen-bond acceptors (Lipinski definition) is 7. The third-order valence-corrected chi connectivity index (χ3v) is 2.13. The lowest BCUT2D eigenvalue weighted by atomic mass is 10.2. The topological polar surface area (TPSA) is 94.5 Å². The zero-order chi connectivity index (χ0) is 16.3. The Morgan fingerprint density at radius 1 is 1.24 bits per heavy atom. The second-order valence-corrected chi connectivity index (χ2v) is 4.98. The number of aliphatic hydroxyl groups excluding tert-OH is 1. The highest BCUT2D eigenvalue weighted by Crippen LogP contribution is 2.14. The Hall–Kier alpha value is -0.990. The van der Waals surface area contributed by atoms with Gasteiger partial charge in [0.2, 0.25) is 0 Å².